The van der Waals surface area contributed by atoms with Crippen molar-refractivity contribution in [3.63, 3.8) is 0 Å². The zero-order chi connectivity index (χ0) is 19.1. The molecule has 3 nitrogen and oxygen atoms in total. The fourth-order valence-corrected chi connectivity index (χ4v) is 3.45. The van der Waals surface area contributed by atoms with E-state index in [2.05, 4.69) is 29.6 Å². The van der Waals surface area contributed by atoms with E-state index < -0.39 is 0 Å². The summed E-state index contributed by atoms with van der Waals surface area (Å²) in [7, 11) is 1.72. The van der Waals surface area contributed by atoms with Crippen LogP contribution >= 0.6 is 35.6 Å². The smallest absolute Gasteiger partial charge is 0.124 e. The highest BCUT2D eigenvalue weighted by Gasteiger charge is 2.10. The Morgan fingerprint density at radius 1 is 1.00 bits per heavy atom. The molecule has 0 aromatic heterocycles. The molecule has 0 aliphatic heterocycles. The van der Waals surface area contributed by atoms with Crippen molar-refractivity contribution in [3.8, 4) is 5.75 Å². The summed E-state index contributed by atoms with van der Waals surface area (Å²) in [5.74, 6) is 0.860. The molecular formula is C22H24Cl3NO2. The average Bonchev–Trinajstić information content (AvgIpc) is 2.68. The Hall–Kier alpha value is -1.49. The van der Waals surface area contributed by atoms with Crippen LogP contribution in [0.1, 0.15) is 17.5 Å². The second kappa shape index (κ2) is 11.5. The lowest BCUT2D eigenvalue weighted by Crippen LogP contribution is -2.17. The van der Waals surface area contributed by atoms with Crippen LogP contribution in [0, 0.1) is 0 Å². The third-order valence-corrected chi connectivity index (χ3v) is 4.99. The molecule has 6 heteroatoms. The second-order valence-corrected chi connectivity index (χ2v) is 7.15. The van der Waals surface area contributed by atoms with Crippen molar-refractivity contribution in [1.82, 2.24) is 5.32 Å². The first-order valence-electron chi connectivity index (χ1n) is 8.96. The van der Waals surface area contributed by atoms with Crippen molar-refractivity contribution in [3.05, 3.63) is 75.8 Å². The maximum atomic E-state index is 6.27. The van der Waals surface area contributed by atoms with Gasteiger partial charge in [-0.05, 0) is 41.9 Å². The van der Waals surface area contributed by atoms with Crippen LogP contribution in [0.5, 0.6) is 5.75 Å². The summed E-state index contributed by atoms with van der Waals surface area (Å²) < 4.78 is 11.2. The third kappa shape index (κ3) is 6.00. The molecule has 0 saturated heterocycles. The molecule has 0 atom stereocenters. The van der Waals surface area contributed by atoms with E-state index in [1.165, 1.54) is 10.8 Å². The number of fused-ring (bicyclic) bond motifs is 1. The van der Waals surface area contributed by atoms with Crippen LogP contribution < -0.4 is 10.1 Å². The van der Waals surface area contributed by atoms with Crippen molar-refractivity contribution >= 4 is 46.4 Å². The largest absolute Gasteiger partial charge is 0.488 e. The summed E-state index contributed by atoms with van der Waals surface area (Å²) >= 11 is 12.2. The molecule has 150 valence electrons. The fraction of sp³-hybridized carbons (Fsp3) is 0.273. The quantitative estimate of drug-likeness (QED) is 0.398. The summed E-state index contributed by atoms with van der Waals surface area (Å²) in [5, 5.41) is 7.11. The molecule has 3 rings (SSSR count). The second-order valence-electron chi connectivity index (χ2n) is 6.31. The Morgan fingerprint density at radius 2 is 1.82 bits per heavy atom. The highest BCUT2D eigenvalue weighted by Crippen LogP contribution is 2.30. The van der Waals surface area contributed by atoms with Crippen molar-refractivity contribution in [1.29, 1.82) is 0 Å². The topological polar surface area (TPSA) is 30.5 Å². The number of ether oxygens (including phenoxy) is 2. The Kier molecular flexibility index (Phi) is 9.36. The van der Waals surface area contributed by atoms with Crippen molar-refractivity contribution in [2.45, 2.75) is 19.6 Å². The third-order valence-electron chi connectivity index (χ3n) is 4.40. The molecule has 0 saturated carbocycles. The van der Waals surface area contributed by atoms with E-state index in [0.29, 0.717) is 16.7 Å². The lowest BCUT2D eigenvalue weighted by Gasteiger charge is -2.16. The number of hydrogen-bond acceptors (Lipinski definition) is 3. The average molecular weight is 441 g/mol. The highest BCUT2D eigenvalue weighted by atomic mass is 35.5. The van der Waals surface area contributed by atoms with E-state index in [1.807, 2.05) is 24.3 Å². The maximum Gasteiger partial charge on any atom is 0.124 e. The zero-order valence-corrected chi connectivity index (χ0v) is 18.0. The van der Waals surface area contributed by atoms with Gasteiger partial charge in [0.1, 0.15) is 12.4 Å². The van der Waals surface area contributed by atoms with Gasteiger partial charge in [-0.15, -0.1) is 12.4 Å². The van der Waals surface area contributed by atoms with Crippen LogP contribution in [0.15, 0.2) is 54.6 Å². The molecule has 0 fully saturated rings. The lowest BCUT2D eigenvalue weighted by molar-refractivity contribution is 0.194. The molecule has 0 aliphatic carbocycles. The number of benzene rings is 3. The Morgan fingerprint density at radius 3 is 2.61 bits per heavy atom. The molecule has 0 aliphatic rings. The lowest BCUT2D eigenvalue weighted by atomic mass is 10.0. The van der Waals surface area contributed by atoms with Crippen LogP contribution in [0.2, 0.25) is 10.0 Å². The summed E-state index contributed by atoms with van der Waals surface area (Å²) in [4.78, 5) is 0. The van der Waals surface area contributed by atoms with E-state index in [0.717, 1.165) is 43.0 Å². The van der Waals surface area contributed by atoms with Gasteiger partial charge in [-0.3, -0.25) is 0 Å². The predicted octanol–water partition coefficient (Wildman–Crippen LogP) is 6.27. The minimum Gasteiger partial charge on any atom is -0.488 e. The minimum atomic E-state index is 0. The number of halogens is 3. The van der Waals surface area contributed by atoms with Crippen LogP contribution in [-0.2, 0) is 17.9 Å². The molecule has 0 bridgehead atoms. The first-order valence-corrected chi connectivity index (χ1v) is 9.71. The minimum absolute atomic E-state index is 0. The van der Waals surface area contributed by atoms with Gasteiger partial charge in [0, 0.05) is 41.4 Å². The molecule has 0 radical (unpaired) electrons. The van der Waals surface area contributed by atoms with E-state index >= 15 is 0 Å². The normalized spacial score (nSPS) is 10.7. The van der Waals surface area contributed by atoms with E-state index in [9.17, 15) is 0 Å². The van der Waals surface area contributed by atoms with E-state index in [-0.39, 0.29) is 12.4 Å². The molecule has 0 amide bonds. The predicted molar refractivity (Wildman–Crippen MR) is 120 cm³/mol. The Labute approximate surface area is 182 Å². The van der Waals surface area contributed by atoms with Crippen LogP contribution in [0.4, 0.5) is 0 Å². The van der Waals surface area contributed by atoms with Gasteiger partial charge in [0.2, 0.25) is 0 Å². The standard InChI is InChI=1S/C22H23Cl2NO2.ClH/c1-26-12-4-11-25-14-20-19-6-3-2-5-16(19)8-10-22(20)27-15-17-7-9-18(23)13-21(17)24;/h2-3,5-10,13,25H,4,11-12,14-15H2,1H3;1H. The number of nitrogens with one attached hydrogen (secondary N) is 1. The zero-order valence-electron chi connectivity index (χ0n) is 15.7. The summed E-state index contributed by atoms with van der Waals surface area (Å²) in [6.45, 7) is 2.76. The monoisotopic (exact) mass is 439 g/mol. The molecule has 28 heavy (non-hydrogen) atoms. The SMILES string of the molecule is COCCCNCc1c(OCc2ccc(Cl)cc2Cl)ccc2ccccc12.Cl. The highest BCUT2D eigenvalue weighted by molar-refractivity contribution is 6.35. The van der Waals surface area contributed by atoms with Crippen molar-refractivity contribution < 1.29 is 9.47 Å². The fourth-order valence-electron chi connectivity index (χ4n) is 2.98. The molecular weight excluding hydrogens is 417 g/mol. The van der Waals surface area contributed by atoms with Crippen LogP contribution in [0.25, 0.3) is 10.8 Å². The van der Waals surface area contributed by atoms with Gasteiger partial charge >= 0.3 is 0 Å². The first kappa shape index (κ1) is 22.8. The molecule has 0 spiro atoms. The number of methoxy groups -OCH3 is 1. The van der Waals surface area contributed by atoms with Gasteiger partial charge in [0.05, 0.1) is 0 Å². The van der Waals surface area contributed by atoms with Gasteiger partial charge < -0.3 is 14.8 Å². The Bertz CT molecular complexity index is 902. The summed E-state index contributed by atoms with van der Waals surface area (Å²) in [6.07, 6.45) is 0.970. The molecule has 1 N–H and O–H groups in total. The van der Waals surface area contributed by atoms with Crippen LogP contribution in [-0.4, -0.2) is 20.3 Å². The maximum absolute atomic E-state index is 6.27. The molecule has 3 aromatic carbocycles. The van der Waals surface area contributed by atoms with Gasteiger partial charge in [-0.1, -0.05) is 59.6 Å². The molecule has 3 aromatic rings. The van der Waals surface area contributed by atoms with Crippen molar-refractivity contribution in [2.75, 3.05) is 20.3 Å². The molecule has 0 unspecified atom stereocenters. The van der Waals surface area contributed by atoms with Gasteiger partial charge in [-0.25, -0.2) is 0 Å². The molecule has 0 heterocycles. The van der Waals surface area contributed by atoms with Crippen LogP contribution in [0.3, 0.4) is 0 Å². The van der Waals surface area contributed by atoms with E-state index in [4.69, 9.17) is 32.7 Å². The van der Waals surface area contributed by atoms with Gasteiger partial charge in [0.25, 0.3) is 0 Å². The summed E-state index contributed by atoms with van der Waals surface area (Å²) in [5.41, 5.74) is 2.06. The first-order chi connectivity index (χ1) is 13.2. The van der Waals surface area contributed by atoms with Gasteiger partial charge in [0.15, 0.2) is 0 Å². The number of hydrogen-bond donors (Lipinski definition) is 1. The van der Waals surface area contributed by atoms with Gasteiger partial charge in [-0.2, -0.15) is 0 Å². The van der Waals surface area contributed by atoms with Crippen molar-refractivity contribution in [2.24, 2.45) is 0 Å². The summed E-state index contributed by atoms with van der Waals surface area (Å²) in [6, 6.07) is 17.9. The number of rotatable bonds is 9. The Balaban J connectivity index is 0.00000280. The van der Waals surface area contributed by atoms with E-state index in [1.54, 1.807) is 13.2 Å².